The highest BCUT2D eigenvalue weighted by atomic mass is 16.5. The summed E-state index contributed by atoms with van der Waals surface area (Å²) in [5.74, 6) is -0.201. The van der Waals surface area contributed by atoms with Crippen molar-refractivity contribution in [1.82, 2.24) is 5.32 Å². The number of hydrogen-bond acceptors (Lipinski definition) is 3. The fourth-order valence-electron chi connectivity index (χ4n) is 2.11. The molecule has 0 bridgehead atoms. The van der Waals surface area contributed by atoms with Crippen LogP contribution in [0.4, 0.5) is 0 Å². The Labute approximate surface area is 90.4 Å². The average Bonchev–Trinajstić information content (AvgIpc) is 2.66. The van der Waals surface area contributed by atoms with Gasteiger partial charge in [-0.25, -0.2) is 4.79 Å². The Kier molecular flexibility index (Phi) is 4.59. The number of esters is 1. The van der Waals surface area contributed by atoms with Gasteiger partial charge < -0.3 is 10.1 Å². The summed E-state index contributed by atoms with van der Waals surface area (Å²) in [6, 6.07) is -0.440. The van der Waals surface area contributed by atoms with Gasteiger partial charge in [0.05, 0.1) is 6.61 Å². The van der Waals surface area contributed by atoms with Crippen molar-refractivity contribution in [2.75, 3.05) is 6.61 Å². The van der Waals surface area contributed by atoms with Crippen molar-refractivity contribution >= 4 is 11.9 Å². The monoisotopic (exact) mass is 213 g/mol. The molecule has 0 aromatic carbocycles. The van der Waals surface area contributed by atoms with Crippen molar-refractivity contribution in [3.63, 3.8) is 0 Å². The van der Waals surface area contributed by atoms with Crippen LogP contribution >= 0.6 is 0 Å². The molecule has 1 unspecified atom stereocenters. The molecule has 0 heterocycles. The SMILES string of the molecule is CCOC(=O)C(NC(C)=O)C1CCCC1. The van der Waals surface area contributed by atoms with Gasteiger partial charge in [-0.2, -0.15) is 0 Å². The zero-order valence-electron chi connectivity index (χ0n) is 9.41. The fraction of sp³-hybridized carbons (Fsp3) is 0.818. The summed E-state index contributed by atoms with van der Waals surface area (Å²) in [6.45, 7) is 3.57. The molecule has 1 rings (SSSR count). The lowest BCUT2D eigenvalue weighted by atomic mass is 9.98. The van der Waals surface area contributed by atoms with Crippen LogP contribution in [0, 0.1) is 5.92 Å². The van der Waals surface area contributed by atoms with Gasteiger partial charge in [0.1, 0.15) is 6.04 Å². The van der Waals surface area contributed by atoms with Gasteiger partial charge in [0.15, 0.2) is 0 Å². The molecule has 0 radical (unpaired) electrons. The molecule has 1 saturated carbocycles. The molecule has 1 atom stereocenters. The Morgan fingerprint density at radius 1 is 1.40 bits per heavy atom. The van der Waals surface area contributed by atoms with Gasteiger partial charge in [-0.15, -0.1) is 0 Å². The molecule has 0 aromatic rings. The maximum atomic E-state index is 11.6. The van der Waals surface area contributed by atoms with Crippen LogP contribution in [-0.4, -0.2) is 24.5 Å². The van der Waals surface area contributed by atoms with Crippen LogP contribution in [0.1, 0.15) is 39.5 Å². The number of carbonyl (C=O) groups is 2. The molecule has 86 valence electrons. The molecule has 4 heteroatoms. The van der Waals surface area contributed by atoms with Gasteiger partial charge in [-0.1, -0.05) is 12.8 Å². The smallest absolute Gasteiger partial charge is 0.328 e. The molecular formula is C11H19NO3. The predicted octanol–water partition coefficient (Wildman–Crippen LogP) is 1.24. The summed E-state index contributed by atoms with van der Waals surface area (Å²) in [6.07, 6.45) is 4.29. The van der Waals surface area contributed by atoms with Gasteiger partial charge in [-0.3, -0.25) is 4.79 Å². The highest BCUT2D eigenvalue weighted by molar-refractivity contribution is 5.83. The molecule has 4 nitrogen and oxygen atoms in total. The first-order valence-electron chi connectivity index (χ1n) is 5.59. The second-order valence-corrected chi connectivity index (χ2v) is 3.97. The van der Waals surface area contributed by atoms with Gasteiger partial charge in [0.2, 0.25) is 5.91 Å². The molecular weight excluding hydrogens is 194 g/mol. The van der Waals surface area contributed by atoms with Crippen molar-refractivity contribution in [3.8, 4) is 0 Å². The summed E-state index contributed by atoms with van der Waals surface area (Å²) in [5.41, 5.74) is 0. The van der Waals surface area contributed by atoms with E-state index in [2.05, 4.69) is 5.32 Å². The van der Waals surface area contributed by atoms with E-state index in [1.54, 1.807) is 6.92 Å². The first-order chi connectivity index (χ1) is 7.15. The lowest BCUT2D eigenvalue weighted by Crippen LogP contribution is -2.45. The Morgan fingerprint density at radius 3 is 2.47 bits per heavy atom. The average molecular weight is 213 g/mol. The molecule has 1 aliphatic rings. The van der Waals surface area contributed by atoms with E-state index in [0.717, 1.165) is 25.7 Å². The summed E-state index contributed by atoms with van der Waals surface area (Å²) in [5, 5.41) is 2.69. The van der Waals surface area contributed by atoms with Crippen LogP contribution < -0.4 is 5.32 Å². The Hall–Kier alpha value is -1.06. The Morgan fingerprint density at radius 2 is 2.00 bits per heavy atom. The highest BCUT2D eigenvalue weighted by Gasteiger charge is 2.32. The third-order valence-electron chi connectivity index (χ3n) is 2.77. The van der Waals surface area contributed by atoms with Gasteiger partial charge in [0.25, 0.3) is 0 Å². The third kappa shape index (κ3) is 3.53. The number of amides is 1. The minimum absolute atomic E-state index is 0.167. The topological polar surface area (TPSA) is 55.4 Å². The van der Waals surface area contributed by atoms with Crippen LogP contribution in [0.3, 0.4) is 0 Å². The lowest BCUT2D eigenvalue weighted by molar-refractivity contribution is -0.148. The van der Waals surface area contributed by atoms with Gasteiger partial charge in [-0.05, 0) is 25.7 Å². The molecule has 0 aromatic heterocycles. The number of ether oxygens (including phenoxy) is 1. The lowest BCUT2D eigenvalue weighted by Gasteiger charge is -2.21. The summed E-state index contributed by atoms with van der Waals surface area (Å²) >= 11 is 0. The number of carbonyl (C=O) groups excluding carboxylic acids is 2. The van der Waals surface area contributed by atoms with E-state index in [1.165, 1.54) is 6.92 Å². The standard InChI is InChI=1S/C11H19NO3/c1-3-15-11(14)10(12-8(2)13)9-6-4-5-7-9/h9-10H,3-7H2,1-2H3,(H,12,13). The van der Waals surface area contributed by atoms with Crippen LogP contribution in [0.2, 0.25) is 0 Å². The Bertz CT molecular complexity index is 234. The molecule has 0 aliphatic heterocycles. The zero-order valence-corrected chi connectivity index (χ0v) is 9.41. The second kappa shape index (κ2) is 5.73. The predicted molar refractivity (Wildman–Crippen MR) is 56.2 cm³/mol. The number of hydrogen-bond donors (Lipinski definition) is 1. The van der Waals surface area contributed by atoms with E-state index in [-0.39, 0.29) is 17.8 Å². The quantitative estimate of drug-likeness (QED) is 0.715. The van der Waals surface area contributed by atoms with Crippen molar-refractivity contribution < 1.29 is 14.3 Å². The first kappa shape index (κ1) is 12.0. The molecule has 0 saturated heterocycles. The zero-order chi connectivity index (χ0) is 11.3. The third-order valence-corrected chi connectivity index (χ3v) is 2.77. The molecule has 15 heavy (non-hydrogen) atoms. The van der Waals surface area contributed by atoms with E-state index in [4.69, 9.17) is 4.74 Å². The van der Waals surface area contributed by atoms with E-state index in [9.17, 15) is 9.59 Å². The minimum Gasteiger partial charge on any atom is -0.464 e. The summed E-state index contributed by atoms with van der Waals surface area (Å²) in [4.78, 5) is 22.6. The molecule has 1 fully saturated rings. The molecule has 1 aliphatic carbocycles. The number of rotatable bonds is 4. The van der Waals surface area contributed by atoms with E-state index < -0.39 is 6.04 Å². The van der Waals surface area contributed by atoms with Crippen LogP contribution in [0.5, 0.6) is 0 Å². The van der Waals surface area contributed by atoms with E-state index in [0.29, 0.717) is 6.61 Å². The maximum absolute atomic E-state index is 11.6. The van der Waals surface area contributed by atoms with Gasteiger partial charge >= 0.3 is 5.97 Å². The van der Waals surface area contributed by atoms with Crippen molar-refractivity contribution in [2.45, 2.75) is 45.6 Å². The molecule has 1 amide bonds. The minimum atomic E-state index is -0.440. The van der Waals surface area contributed by atoms with Crippen LogP contribution in [0.25, 0.3) is 0 Å². The van der Waals surface area contributed by atoms with Crippen molar-refractivity contribution in [1.29, 1.82) is 0 Å². The number of nitrogens with one attached hydrogen (secondary N) is 1. The first-order valence-corrected chi connectivity index (χ1v) is 5.59. The summed E-state index contributed by atoms with van der Waals surface area (Å²) < 4.78 is 4.96. The van der Waals surface area contributed by atoms with Crippen molar-refractivity contribution in [2.24, 2.45) is 5.92 Å². The highest BCUT2D eigenvalue weighted by Crippen LogP contribution is 2.28. The Balaban J connectivity index is 2.58. The summed E-state index contributed by atoms with van der Waals surface area (Å²) in [7, 11) is 0. The van der Waals surface area contributed by atoms with Crippen LogP contribution in [0.15, 0.2) is 0 Å². The van der Waals surface area contributed by atoms with Gasteiger partial charge in [0, 0.05) is 6.92 Å². The maximum Gasteiger partial charge on any atom is 0.328 e. The van der Waals surface area contributed by atoms with E-state index >= 15 is 0 Å². The largest absolute Gasteiger partial charge is 0.464 e. The van der Waals surface area contributed by atoms with Crippen molar-refractivity contribution in [3.05, 3.63) is 0 Å². The second-order valence-electron chi connectivity index (χ2n) is 3.97. The fourth-order valence-corrected chi connectivity index (χ4v) is 2.11. The van der Waals surface area contributed by atoms with E-state index in [1.807, 2.05) is 0 Å². The molecule has 1 N–H and O–H groups in total. The normalized spacial score (nSPS) is 18.5. The van der Waals surface area contributed by atoms with Crippen LogP contribution in [-0.2, 0) is 14.3 Å². The molecule has 0 spiro atoms.